The van der Waals surface area contributed by atoms with Gasteiger partial charge in [-0.25, -0.2) is 0 Å². The summed E-state index contributed by atoms with van der Waals surface area (Å²) < 4.78 is 10.7. The van der Waals surface area contributed by atoms with Crippen LogP contribution in [0.5, 0.6) is 0 Å². The third kappa shape index (κ3) is 3.07. The lowest BCUT2D eigenvalue weighted by Crippen LogP contribution is -2.35. The lowest BCUT2D eigenvalue weighted by molar-refractivity contribution is -0.135. The Hall–Kier alpha value is -1.34. The van der Waals surface area contributed by atoms with Gasteiger partial charge in [-0.15, -0.1) is 0 Å². The van der Waals surface area contributed by atoms with E-state index in [2.05, 4.69) is 11.8 Å². The fraction of sp³-hybridized carbons (Fsp3) is 0.385. The Kier molecular flexibility index (Phi) is 3.95. The highest BCUT2D eigenvalue weighted by atomic mass is 16.6. The van der Waals surface area contributed by atoms with Crippen LogP contribution in [-0.4, -0.2) is 25.9 Å². The van der Waals surface area contributed by atoms with Crippen molar-refractivity contribution in [1.82, 2.24) is 0 Å². The van der Waals surface area contributed by atoms with E-state index in [1.165, 1.54) is 0 Å². The van der Waals surface area contributed by atoms with E-state index < -0.39 is 0 Å². The molecule has 0 aliphatic carbocycles. The summed E-state index contributed by atoms with van der Waals surface area (Å²) in [6, 6.07) is 8.02. The molecule has 0 atom stereocenters. The van der Waals surface area contributed by atoms with E-state index in [0.29, 0.717) is 26.4 Å². The Morgan fingerprint density at radius 1 is 1.44 bits per heavy atom. The van der Waals surface area contributed by atoms with Gasteiger partial charge in [0, 0.05) is 5.56 Å². The molecule has 0 unspecified atom stereocenters. The van der Waals surface area contributed by atoms with Gasteiger partial charge in [-0.05, 0) is 17.7 Å². The molecule has 1 aromatic rings. The Balaban J connectivity index is 1.92. The molecular formula is C13H15NO2. The van der Waals surface area contributed by atoms with Crippen LogP contribution >= 0.6 is 0 Å². The van der Waals surface area contributed by atoms with Crippen molar-refractivity contribution >= 4 is 0 Å². The van der Waals surface area contributed by atoms with Crippen molar-refractivity contribution in [3.63, 3.8) is 0 Å². The highest BCUT2D eigenvalue weighted by Crippen LogP contribution is 2.11. The molecule has 0 spiro atoms. The van der Waals surface area contributed by atoms with E-state index >= 15 is 0 Å². The van der Waals surface area contributed by atoms with Gasteiger partial charge in [0.25, 0.3) is 0 Å². The molecule has 1 aromatic carbocycles. The van der Waals surface area contributed by atoms with E-state index in [-0.39, 0.29) is 6.10 Å². The number of hydrogen-bond acceptors (Lipinski definition) is 3. The molecule has 3 heteroatoms. The van der Waals surface area contributed by atoms with Crippen LogP contribution < -0.4 is 5.73 Å². The molecule has 0 amide bonds. The Bertz CT molecular complexity index is 402. The van der Waals surface area contributed by atoms with Crippen LogP contribution in [0.1, 0.15) is 11.1 Å². The number of benzene rings is 1. The van der Waals surface area contributed by atoms with Gasteiger partial charge in [-0.1, -0.05) is 24.0 Å². The Morgan fingerprint density at radius 3 is 3.00 bits per heavy atom. The molecule has 3 nitrogen and oxygen atoms in total. The highest BCUT2D eigenvalue weighted by Gasteiger charge is 2.18. The summed E-state index contributed by atoms with van der Waals surface area (Å²) >= 11 is 0. The van der Waals surface area contributed by atoms with Crippen LogP contribution in [0.2, 0.25) is 0 Å². The van der Waals surface area contributed by atoms with Crippen molar-refractivity contribution in [2.45, 2.75) is 12.7 Å². The lowest BCUT2D eigenvalue weighted by atomic mass is 10.1. The molecule has 84 valence electrons. The Labute approximate surface area is 95.5 Å². The number of rotatable bonds is 3. The topological polar surface area (TPSA) is 44.5 Å². The molecule has 1 aliphatic rings. The largest absolute Gasteiger partial charge is 0.376 e. The monoisotopic (exact) mass is 217 g/mol. The molecule has 2 N–H and O–H groups in total. The predicted molar refractivity (Wildman–Crippen MR) is 61.8 cm³/mol. The number of nitrogens with two attached hydrogens (primary N) is 1. The van der Waals surface area contributed by atoms with Gasteiger partial charge in [0.05, 0.1) is 26.4 Å². The first-order valence-corrected chi connectivity index (χ1v) is 5.35. The maximum Gasteiger partial charge on any atom is 0.105 e. The van der Waals surface area contributed by atoms with Crippen molar-refractivity contribution in [3.8, 4) is 11.8 Å². The second-order valence-electron chi connectivity index (χ2n) is 3.68. The van der Waals surface area contributed by atoms with Gasteiger partial charge in [0.2, 0.25) is 0 Å². The fourth-order valence-corrected chi connectivity index (χ4v) is 1.42. The maximum absolute atomic E-state index is 5.63. The zero-order valence-electron chi connectivity index (χ0n) is 9.11. The summed E-state index contributed by atoms with van der Waals surface area (Å²) in [6.45, 7) is 2.44. The third-order valence-corrected chi connectivity index (χ3v) is 2.35. The van der Waals surface area contributed by atoms with Crippen LogP contribution in [-0.2, 0) is 16.1 Å². The average Bonchev–Trinajstić information content (AvgIpc) is 2.25. The zero-order valence-corrected chi connectivity index (χ0v) is 9.11. The van der Waals surface area contributed by atoms with Gasteiger partial charge in [-0.3, -0.25) is 0 Å². The second kappa shape index (κ2) is 5.66. The summed E-state index contributed by atoms with van der Waals surface area (Å²) in [5.41, 5.74) is 7.44. The van der Waals surface area contributed by atoms with Gasteiger partial charge in [0.1, 0.15) is 6.10 Å². The Morgan fingerprint density at radius 2 is 2.31 bits per heavy atom. The van der Waals surface area contributed by atoms with E-state index in [1.807, 2.05) is 24.3 Å². The van der Waals surface area contributed by atoms with Crippen LogP contribution in [0.3, 0.4) is 0 Å². The van der Waals surface area contributed by atoms with Gasteiger partial charge in [0.15, 0.2) is 0 Å². The molecule has 0 saturated carbocycles. The molecule has 16 heavy (non-hydrogen) atoms. The van der Waals surface area contributed by atoms with Crippen LogP contribution in [0, 0.1) is 11.8 Å². The molecule has 0 aromatic heterocycles. The van der Waals surface area contributed by atoms with Crippen molar-refractivity contribution in [1.29, 1.82) is 0 Å². The van der Waals surface area contributed by atoms with Crippen molar-refractivity contribution < 1.29 is 9.47 Å². The first kappa shape index (κ1) is 11.2. The average molecular weight is 217 g/mol. The zero-order chi connectivity index (χ0) is 11.2. The molecule has 2 rings (SSSR count). The van der Waals surface area contributed by atoms with Crippen LogP contribution in [0.25, 0.3) is 0 Å². The van der Waals surface area contributed by atoms with Crippen LogP contribution in [0.15, 0.2) is 24.3 Å². The molecule has 0 bridgehead atoms. The minimum absolute atomic E-state index is 0.263. The fourth-order valence-electron chi connectivity index (χ4n) is 1.42. The maximum atomic E-state index is 5.63. The molecule has 1 heterocycles. The quantitative estimate of drug-likeness (QED) is 0.765. The van der Waals surface area contributed by atoms with E-state index in [1.54, 1.807) is 0 Å². The third-order valence-electron chi connectivity index (χ3n) is 2.35. The SMILES string of the molecule is NCC#Cc1cccc(COC2COC2)c1. The first-order chi connectivity index (χ1) is 7.88. The predicted octanol–water partition coefficient (Wildman–Crippen LogP) is 0.912. The second-order valence-corrected chi connectivity index (χ2v) is 3.68. The minimum Gasteiger partial charge on any atom is -0.376 e. The summed E-state index contributed by atoms with van der Waals surface area (Å²) in [4.78, 5) is 0. The highest BCUT2D eigenvalue weighted by molar-refractivity contribution is 5.37. The molecule has 1 saturated heterocycles. The first-order valence-electron chi connectivity index (χ1n) is 5.35. The van der Waals surface area contributed by atoms with Gasteiger partial charge >= 0.3 is 0 Å². The number of hydrogen-bond donors (Lipinski definition) is 1. The lowest BCUT2D eigenvalue weighted by Gasteiger charge is -2.25. The summed E-state index contributed by atoms with van der Waals surface area (Å²) in [5, 5.41) is 0. The van der Waals surface area contributed by atoms with Crippen LogP contribution in [0.4, 0.5) is 0 Å². The van der Waals surface area contributed by atoms with Crippen molar-refractivity contribution in [2.75, 3.05) is 19.8 Å². The summed E-state index contributed by atoms with van der Waals surface area (Å²) in [5.74, 6) is 5.84. The molecule has 1 aliphatic heterocycles. The van der Waals surface area contributed by atoms with E-state index in [9.17, 15) is 0 Å². The van der Waals surface area contributed by atoms with Crippen molar-refractivity contribution in [3.05, 3.63) is 35.4 Å². The number of ether oxygens (including phenoxy) is 2. The summed E-state index contributed by atoms with van der Waals surface area (Å²) in [7, 11) is 0. The van der Waals surface area contributed by atoms with E-state index in [0.717, 1.165) is 11.1 Å². The van der Waals surface area contributed by atoms with Gasteiger partial charge < -0.3 is 15.2 Å². The normalized spacial score (nSPS) is 15.1. The van der Waals surface area contributed by atoms with Crippen molar-refractivity contribution in [2.24, 2.45) is 5.73 Å². The molecule has 1 fully saturated rings. The van der Waals surface area contributed by atoms with Gasteiger partial charge in [-0.2, -0.15) is 0 Å². The standard InChI is InChI=1S/C13H15NO2/c14-6-2-5-11-3-1-4-12(7-11)8-16-13-9-15-10-13/h1,3-4,7,13H,6,8-10,14H2. The summed E-state index contributed by atoms with van der Waals surface area (Å²) in [6.07, 6.45) is 0.263. The molecule has 0 radical (unpaired) electrons. The smallest absolute Gasteiger partial charge is 0.105 e. The minimum atomic E-state index is 0.263. The van der Waals surface area contributed by atoms with E-state index in [4.69, 9.17) is 15.2 Å². The molecular weight excluding hydrogens is 202 g/mol.